The summed E-state index contributed by atoms with van der Waals surface area (Å²) >= 11 is 0. The zero-order valence-corrected chi connectivity index (χ0v) is 14.2. The van der Waals surface area contributed by atoms with Gasteiger partial charge in [-0.1, -0.05) is 35.5 Å². The van der Waals surface area contributed by atoms with Gasteiger partial charge < -0.3 is 19.3 Å². The second-order valence-corrected chi connectivity index (χ2v) is 6.90. The van der Waals surface area contributed by atoms with E-state index in [0.717, 1.165) is 24.8 Å². The van der Waals surface area contributed by atoms with Gasteiger partial charge in [-0.25, -0.2) is 0 Å². The molecule has 1 N–H and O–H groups in total. The molecule has 0 bridgehead atoms. The van der Waals surface area contributed by atoms with Crippen LogP contribution in [0.15, 0.2) is 41.1 Å². The van der Waals surface area contributed by atoms with Gasteiger partial charge in [0.15, 0.2) is 5.76 Å². The van der Waals surface area contributed by atoms with Crippen LogP contribution in [0.2, 0.25) is 0 Å². The van der Waals surface area contributed by atoms with Crippen molar-refractivity contribution < 1.29 is 19.2 Å². The van der Waals surface area contributed by atoms with Crippen LogP contribution in [-0.4, -0.2) is 52.5 Å². The molecule has 1 aliphatic carbocycles. The molecule has 1 aliphatic heterocycles. The van der Waals surface area contributed by atoms with E-state index in [1.54, 1.807) is 7.11 Å². The summed E-state index contributed by atoms with van der Waals surface area (Å²) in [6.45, 7) is 0.615. The number of carbonyl (C=O) groups is 1. The first-order valence-electron chi connectivity index (χ1n) is 8.69. The molecule has 3 atom stereocenters. The molecule has 0 unspecified atom stereocenters. The number of aliphatic hydroxyl groups excluding tert-OH is 1. The molecule has 1 amide bonds. The number of carbonyl (C=O) groups excluding carboxylic acids is 1. The molecule has 2 fully saturated rings. The highest BCUT2D eigenvalue weighted by atomic mass is 16.5. The molecule has 6 nitrogen and oxygen atoms in total. The molecule has 25 heavy (non-hydrogen) atoms. The van der Waals surface area contributed by atoms with E-state index in [1.807, 2.05) is 35.2 Å². The second-order valence-electron chi connectivity index (χ2n) is 6.90. The third-order valence-corrected chi connectivity index (χ3v) is 5.66. The third-order valence-electron chi connectivity index (χ3n) is 5.66. The molecule has 0 spiro atoms. The lowest BCUT2D eigenvalue weighted by atomic mass is 9.79. The number of amides is 1. The number of benzene rings is 1. The molecule has 2 aromatic rings. The SMILES string of the molecule is CO[C@]12CC[C@H](O)C[C@H]1N(C(=O)c1cnoc1-c1ccccc1)CC2. The van der Waals surface area contributed by atoms with Crippen molar-refractivity contribution >= 4 is 5.91 Å². The number of hydrogen-bond acceptors (Lipinski definition) is 5. The van der Waals surface area contributed by atoms with Crippen molar-refractivity contribution in [3.8, 4) is 11.3 Å². The van der Waals surface area contributed by atoms with Gasteiger partial charge in [0.1, 0.15) is 5.56 Å². The van der Waals surface area contributed by atoms with E-state index >= 15 is 0 Å². The van der Waals surface area contributed by atoms with Gasteiger partial charge >= 0.3 is 0 Å². The predicted molar refractivity (Wildman–Crippen MR) is 91.0 cm³/mol. The predicted octanol–water partition coefficient (Wildman–Crippen LogP) is 2.49. The number of nitrogens with zero attached hydrogens (tertiary/aromatic N) is 2. The highest BCUT2D eigenvalue weighted by Crippen LogP contribution is 2.43. The van der Waals surface area contributed by atoms with Crippen LogP contribution in [0, 0.1) is 0 Å². The molecule has 1 saturated heterocycles. The lowest BCUT2D eigenvalue weighted by molar-refractivity contribution is -0.0824. The Balaban J connectivity index is 1.65. The van der Waals surface area contributed by atoms with Crippen LogP contribution in [0.5, 0.6) is 0 Å². The molecular formula is C19H22N2O4. The van der Waals surface area contributed by atoms with Crippen molar-refractivity contribution in [2.75, 3.05) is 13.7 Å². The number of aromatic nitrogens is 1. The number of fused-ring (bicyclic) bond motifs is 1. The molecule has 1 aromatic heterocycles. The minimum Gasteiger partial charge on any atom is -0.393 e. The summed E-state index contributed by atoms with van der Waals surface area (Å²) in [5.41, 5.74) is 0.932. The van der Waals surface area contributed by atoms with Gasteiger partial charge in [0.25, 0.3) is 5.91 Å². The maximum Gasteiger partial charge on any atom is 0.259 e. The normalized spacial score (nSPS) is 28.8. The van der Waals surface area contributed by atoms with Gasteiger partial charge in [0.2, 0.25) is 0 Å². The van der Waals surface area contributed by atoms with Crippen LogP contribution < -0.4 is 0 Å². The monoisotopic (exact) mass is 342 g/mol. The first kappa shape index (κ1) is 16.3. The van der Waals surface area contributed by atoms with Crippen molar-refractivity contribution in [2.45, 2.75) is 43.4 Å². The van der Waals surface area contributed by atoms with Gasteiger partial charge in [-0.3, -0.25) is 4.79 Å². The van der Waals surface area contributed by atoms with Gasteiger partial charge in [0.05, 0.1) is 23.9 Å². The fourth-order valence-corrected chi connectivity index (χ4v) is 4.26. The molecule has 2 heterocycles. The summed E-state index contributed by atoms with van der Waals surface area (Å²) in [5, 5.41) is 13.9. The van der Waals surface area contributed by atoms with Crippen LogP contribution in [0.25, 0.3) is 11.3 Å². The molecule has 0 radical (unpaired) electrons. The molecule has 2 aliphatic rings. The lowest BCUT2D eigenvalue weighted by Gasteiger charge is -2.42. The second kappa shape index (κ2) is 6.28. The lowest BCUT2D eigenvalue weighted by Crippen LogP contribution is -2.52. The maximum absolute atomic E-state index is 13.2. The first-order valence-corrected chi connectivity index (χ1v) is 8.69. The van der Waals surface area contributed by atoms with Crippen LogP contribution >= 0.6 is 0 Å². The van der Waals surface area contributed by atoms with Gasteiger partial charge in [0, 0.05) is 19.2 Å². The molecule has 1 aromatic carbocycles. The summed E-state index contributed by atoms with van der Waals surface area (Å²) in [7, 11) is 1.70. The van der Waals surface area contributed by atoms with Gasteiger partial charge in [-0.2, -0.15) is 0 Å². The van der Waals surface area contributed by atoms with E-state index in [2.05, 4.69) is 5.16 Å². The van der Waals surface area contributed by atoms with Crippen molar-refractivity contribution in [3.63, 3.8) is 0 Å². The Hall–Kier alpha value is -2.18. The summed E-state index contributed by atoms with van der Waals surface area (Å²) in [6.07, 6.45) is 3.92. The van der Waals surface area contributed by atoms with E-state index in [9.17, 15) is 9.90 Å². The fraction of sp³-hybridized carbons (Fsp3) is 0.474. The van der Waals surface area contributed by atoms with Crippen LogP contribution in [0.4, 0.5) is 0 Å². The average molecular weight is 342 g/mol. The number of rotatable bonds is 3. The Morgan fingerprint density at radius 1 is 1.36 bits per heavy atom. The van der Waals surface area contributed by atoms with E-state index in [1.165, 1.54) is 6.20 Å². The molecule has 4 rings (SSSR count). The van der Waals surface area contributed by atoms with Crippen LogP contribution in [0.1, 0.15) is 36.0 Å². The Morgan fingerprint density at radius 3 is 2.92 bits per heavy atom. The van der Waals surface area contributed by atoms with Crippen molar-refractivity contribution in [2.24, 2.45) is 0 Å². The molecular weight excluding hydrogens is 320 g/mol. The van der Waals surface area contributed by atoms with Crippen LogP contribution in [-0.2, 0) is 4.74 Å². The van der Waals surface area contributed by atoms with Crippen molar-refractivity contribution in [1.29, 1.82) is 0 Å². The zero-order valence-electron chi connectivity index (χ0n) is 14.2. The maximum atomic E-state index is 13.2. The Labute approximate surface area is 146 Å². The number of hydrogen-bond donors (Lipinski definition) is 1. The highest BCUT2D eigenvalue weighted by molar-refractivity contribution is 5.99. The third kappa shape index (κ3) is 2.65. The van der Waals surface area contributed by atoms with E-state index < -0.39 is 6.10 Å². The number of ether oxygens (including phenoxy) is 1. The van der Waals surface area contributed by atoms with Gasteiger partial charge in [-0.15, -0.1) is 0 Å². The Kier molecular flexibility index (Phi) is 4.09. The minimum absolute atomic E-state index is 0.113. The topological polar surface area (TPSA) is 75.8 Å². The number of methoxy groups -OCH3 is 1. The molecule has 6 heteroatoms. The van der Waals surface area contributed by atoms with Crippen LogP contribution in [0.3, 0.4) is 0 Å². The summed E-state index contributed by atoms with van der Waals surface area (Å²) in [5.74, 6) is 0.370. The summed E-state index contributed by atoms with van der Waals surface area (Å²) < 4.78 is 11.2. The largest absolute Gasteiger partial charge is 0.393 e. The smallest absolute Gasteiger partial charge is 0.259 e. The first-order chi connectivity index (χ1) is 12.1. The van der Waals surface area contributed by atoms with Gasteiger partial charge in [-0.05, 0) is 25.7 Å². The quantitative estimate of drug-likeness (QED) is 0.927. The standard InChI is InChI=1S/C19H22N2O4/c1-24-19-8-7-14(22)11-16(19)21(10-9-19)18(23)15-12-20-25-17(15)13-5-3-2-4-6-13/h2-6,12,14,16,22H,7-11H2,1H3/t14-,16+,19-/m0/s1. The highest BCUT2D eigenvalue weighted by Gasteiger charge is 2.52. The number of likely N-dealkylation sites (tertiary alicyclic amines) is 1. The van der Waals surface area contributed by atoms with E-state index in [0.29, 0.717) is 24.3 Å². The average Bonchev–Trinajstić information content (AvgIpc) is 3.27. The van der Waals surface area contributed by atoms with E-state index in [4.69, 9.17) is 9.26 Å². The zero-order chi connectivity index (χ0) is 17.4. The molecule has 132 valence electrons. The fourth-order valence-electron chi connectivity index (χ4n) is 4.26. The van der Waals surface area contributed by atoms with Crippen molar-refractivity contribution in [3.05, 3.63) is 42.1 Å². The van der Waals surface area contributed by atoms with Crippen molar-refractivity contribution in [1.82, 2.24) is 10.1 Å². The Morgan fingerprint density at radius 2 is 2.16 bits per heavy atom. The van der Waals surface area contributed by atoms with E-state index in [-0.39, 0.29) is 17.6 Å². The number of aliphatic hydroxyl groups is 1. The minimum atomic E-state index is -0.391. The summed E-state index contributed by atoms with van der Waals surface area (Å²) in [6, 6.07) is 9.38. The summed E-state index contributed by atoms with van der Waals surface area (Å²) in [4.78, 5) is 15.0. The Bertz CT molecular complexity index is 760. The molecule has 1 saturated carbocycles.